The minimum atomic E-state index is -4.02. The normalized spacial score (nSPS) is 29.4. The van der Waals surface area contributed by atoms with Gasteiger partial charge < -0.3 is 5.32 Å². The van der Waals surface area contributed by atoms with E-state index in [1.807, 2.05) is 12.1 Å². The zero-order valence-electron chi connectivity index (χ0n) is 11.7. The van der Waals surface area contributed by atoms with Gasteiger partial charge in [-0.05, 0) is 61.8 Å². The van der Waals surface area contributed by atoms with Crippen LogP contribution < -0.4 is 5.32 Å². The highest BCUT2D eigenvalue weighted by atomic mass is 35.5. The second kappa shape index (κ2) is 5.81. The summed E-state index contributed by atoms with van der Waals surface area (Å²) in [7, 11) is 0. The SMILES string of the molecule is FC(F)(F)C1CCC(NC2Cc3ccc(Cl)cc3C2)CC1. The van der Waals surface area contributed by atoms with Gasteiger partial charge in [-0.25, -0.2) is 0 Å². The van der Waals surface area contributed by atoms with E-state index in [-0.39, 0.29) is 18.9 Å². The van der Waals surface area contributed by atoms with Gasteiger partial charge in [-0.15, -0.1) is 0 Å². The molecule has 0 amide bonds. The maximum absolute atomic E-state index is 12.7. The van der Waals surface area contributed by atoms with Crippen molar-refractivity contribution in [1.82, 2.24) is 5.32 Å². The number of benzene rings is 1. The quantitative estimate of drug-likeness (QED) is 0.845. The van der Waals surface area contributed by atoms with Crippen LogP contribution in [0.1, 0.15) is 36.8 Å². The summed E-state index contributed by atoms with van der Waals surface area (Å²) in [6.07, 6.45) is -0.388. The molecule has 1 unspecified atom stereocenters. The van der Waals surface area contributed by atoms with Crippen LogP contribution in [0.5, 0.6) is 0 Å². The summed E-state index contributed by atoms with van der Waals surface area (Å²) in [6.45, 7) is 0. The fourth-order valence-electron chi connectivity index (χ4n) is 3.63. The summed E-state index contributed by atoms with van der Waals surface area (Å²) in [5.74, 6) is -1.10. The lowest BCUT2D eigenvalue weighted by Crippen LogP contribution is -2.42. The third-order valence-corrected chi connectivity index (χ3v) is 5.00. The standard InChI is InChI=1S/C16H19ClF3N/c17-13-4-1-10-8-15(9-11(10)7-13)21-14-5-2-12(3-6-14)16(18,19)20/h1,4,7,12,14-15,21H,2-3,5-6,8-9H2. The highest BCUT2D eigenvalue weighted by Crippen LogP contribution is 2.38. The number of alkyl halides is 3. The van der Waals surface area contributed by atoms with Gasteiger partial charge in [-0.3, -0.25) is 0 Å². The number of hydrogen-bond donors (Lipinski definition) is 1. The molecule has 0 heterocycles. The first-order valence-electron chi connectivity index (χ1n) is 7.52. The van der Waals surface area contributed by atoms with Gasteiger partial charge in [-0.1, -0.05) is 17.7 Å². The molecule has 0 bridgehead atoms. The molecule has 1 atom stereocenters. The number of hydrogen-bond acceptors (Lipinski definition) is 1. The molecule has 3 rings (SSSR count). The molecule has 0 aromatic heterocycles. The lowest BCUT2D eigenvalue weighted by molar-refractivity contribution is -0.182. The van der Waals surface area contributed by atoms with Crippen molar-refractivity contribution >= 4 is 11.6 Å². The van der Waals surface area contributed by atoms with Crippen LogP contribution in [0.25, 0.3) is 0 Å². The minimum absolute atomic E-state index is 0.221. The van der Waals surface area contributed by atoms with Gasteiger partial charge in [0.1, 0.15) is 0 Å². The third-order valence-electron chi connectivity index (χ3n) is 4.76. The van der Waals surface area contributed by atoms with E-state index in [1.54, 1.807) is 0 Å². The monoisotopic (exact) mass is 317 g/mol. The molecule has 1 fully saturated rings. The molecule has 1 aromatic carbocycles. The average molecular weight is 318 g/mol. The molecule has 1 nitrogen and oxygen atoms in total. The van der Waals surface area contributed by atoms with Crippen molar-refractivity contribution in [2.45, 2.75) is 56.8 Å². The van der Waals surface area contributed by atoms with Crippen LogP contribution in [-0.4, -0.2) is 18.3 Å². The highest BCUT2D eigenvalue weighted by molar-refractivity contribution is 6.30. The maximum Gasteiger partial charge on any atom is 0.391 e. The minimum Gasteiger partial charge on any atom is -0.311 e. The van der Waals surface area contributed by atoms with E-state index in [2.05, 4.69) is 11.4 Å². The van der Waals surface area contributed by atoms with Crippen molar-refractivity contribution < 1.29 is 13.2 Å². The molecular weight excluding hydrogens is 299 g/mol. The van der Waals surface area contributed by atoms with Crippen LogP contribution in [-0.2, 0) is 12.8 Å². The van der Waals surface area contributed by atoms with E-state index in [0.29, 0.717) is 18.9 Å². The molecule has 1 saturated carbocycles. The van der Waals surface area contributed by atoms with E-state index in [1.165, 1.54) is 11.1 Å². The predicted molar refractivity (Wildman–Crippen MR) is 77.6 cm³/mol. The van der Waals surface area contributed by atoms with Crippen LogP contribution in [0.3, 0.4) is 0 Å². The summed E-state index contributed by atoms with van der Waals surface area (Å²) in [6, 6.07) is 6.51. The van der Waals surface area contributed by atoms with Gasteiger partial charge in [-0.2, -0.15) is 13.2 Å². The number of rotatable bonds is 2. The lowest BCUT2D eigenvalue weighted by Gasteiger charge is -2.32. The summed E-state index contributed by atoms with van der Waals surface area (Å²) in [5, 5.41) is 4.30. The van der Waals surface area contributed by atoms with Gasteiger partial charge in [0.2, 0.25) is 0 Å². The number of nitrogens with one attached hydrogen (secondary N) is 1. The van der Waals surface area contributed by atoms with Crippen LogP contribution in [0.4, 0.5) is 13.2 Å². The Morgan fingerprint density at radius 2 is 1.62 bits per heavy atom. The number of halogens is 4. The molecule has 5 heteroatoms. The lowest BCUT2D eigenvalue weighted by atomic mass is 9.85. The van der Waals surface area contributed by atoms with Crippen LogP contribution in [0.15, 0.2) is 18.2 Å². The van der Waals surface area contributed by atoms with Crippen molar-refractivity contribution in [3.63, 3.8) is 0 Å². The fourth-order valence-corrected chi connectivity index (χ4v) is 3.82. The van der Waals surface area contributed by atoms with E-state index in [4.69, 9.17) is 11.6 Å². The van der Waals surface area contributed by atoms with Gasteiger partial charge >= 0.3 is 6.18 Å². The predicted octanol–water partition coefficient (Wildman–Crippen LogP) is 4.52. The molecular formula is C16H19ClF3N. The second-order valence-electron chi connectivity index (χ2n) is 6.28. The second-order valence-corrected chi connectivity index (χ2v) is 6.71. The van der Waals surface area contributed by atoms with Gasteiger partial charge in [0.25, 0.3) is 0 Å². The molecule has 2 aliphatic rings. The summed E-state index contributed by atoms with van der Waals surface area (Å²) < 4.78 is 38.0. The number of fused-ring (bicyclic) bond motifs is 1. The van der Waals surface area contributed by atoms with E-state index in [9.17, 15) is 13.2 Å². The van der Waals surface area contributed by atoms with Crippen molar-refractivity contribution in [2.75, 3.05) is 0 Å². The Bertz CT molecular complexity index is 507. The molecule has 0 saturated heterocycles. The van der Waals surface area contributed by atoms with Crippen molar-refractivity contribution in [3.8, 4) is 0 Å². The maximum atomic E-state index is 12.7. The van der Waals surface area contributed by atoms with E-state index >= 15 is 0 Å². The first-order valence-corrected chi connectivity index (χ1v) is 7.89. The Kier molecular flexibility index (Phi) is 4.19. The van der Waals surface area contributed by atoms with Crippen LogP contribution in [0.2, 0.25) is 5.02 Å². The Morgan fingerprint density at radius 1 is 0.952 bits per heavy atom. The summed E-state index contributed by atoms with van der Waals surface area (Å²) in [4.78, 5) is 0. The van der Waals surface area contributed by atoms with E-state index < -0.39 is 12.1 Å². The fraction of sp³-hybridized carbons (Fsp3) is 0.625. The molecule has 2 aliphatic carbocycles. The molecule has 1 N–H and O–H groups in total. The Labute approximate surface area is 127 Å². The van der Waals surface area contributed by atoms with Crippen molar-refractivity contribution in [1.29, 1.82) is 0 Å². The van der Waals surface area contributed by atoms with Crippen LogP contribution >= 0.6 is 11.6 Å². The average Bonchev–Trinajstić information content (AvgIpc) is 2.79. The van der Waals surface area contributed by atoms with Gasteiger partial charge in [0, 0.05) is 17.1 Å². The first kappa shape index (κ1) is 15.2. The Hall–Kier alpha value is -0.740. The van der Waals surface area contributed by atoms with E-state index in [0.717, 1.165) is 17.9 Å². The van der Waals surface area contributed by atoms with Crippen LogP contribution in [0, 0.1) is 5.92 Å². The molecule has 0 radical (unpaired) electrons. The zero-order valence-corrected chi connectivity index (χ0v) is 12.5. The third kappa shape index (κ3) is 3.54. The smallest absolute Gasteiger partial charge is 0.311 e. The Morgan fingerprint density at radius 3 is 2.29 bits per heavy atom. The zero-order chi connectivity index (χ0) is 15.0. The summed E-state index contributed by atoms with van der Waals surface area (Å²) in [5.41, 5.74) is 2.57. The molecule has 116 valence electrons. The van der Waals surface area contributed by atoms with Gasteiger partial charge in [0.15, 0.2) is 0 Å². The largest absolute Gasteiger partial charge is 0.391 e. The molecule has 0 spiro atoms. The summed E-state index contributed by atoms with van der Waals surface area (Å²) >= 11 is 5.99. The highest BCUT2D eigenvalue weighted by Gasteiger charge is 2.41. The molecule has 1 aromatic rings. The molecule has 21 heavy (non-hydrogen) atoms. The Balaban J connectivity index is 1.52. The van der Waals surface area contributed by atoms with Crippen molar-refractivity contribution in [3.05, 3.63) is 34.3 Å². The molecule has 0 aliphatic heterocycles. The van der Waals surface area contributed by atoms with Crippen molar-refractivity contribution in [2.24, 2.45) is 5.92 Å². The van der Waals surface area contributed by atoms with Gasteiger partial charge in [0.05, 0.1) is 5.92 Å². The first-order chi connectivity index (χ1) is 9.91. The topological polar surface area (TPSA) is 12.0 Å².